The first kappa shape index (κ1) is 6.28. The maximum Gasteiger partial charge on any atom is 0.115 e. The van der Waals surface area contributed by atoms with Crippen LogP contribution in [0.25, 0.3) is 5.57 Å². The van der Waals surface area contributed by atoms with Gasteiger partial charge in [-0.2, -0.15) is 0 Å². The van der Waals surface area contributed by atoms with Gasteiger partial charge in [0, 0.05) is 18.0 Å². The van der Waals surface area contributed by atoms with Crippen molar-refractivity contribution >= 4 is 5.57 Å². The lowest BCUT2D eigenvalue weighted by molar-refractivity contribution is 1.15. The molecule has 11 heavy (non-hydrogen) atoms. The topological polar surface area (TPSA) is 25.8 Å². The molecule has 0 saturated carbocycles. The molecule has 0 fully saturated rings. The second-order valence-corrected chi connectivity index (χ2v) is 2.42. The lowest BCUT2D eigenvalue weighted by atomic mass is 10.1. The summed E-state index contributed by atoms with van der Waals surface area (Å²) in [5, 5.41) is 0. The van der Waals surface area contributed by atoms with E-state index >= 15 is 0 Å². The molecule has 54 valence electrons. The Kier molecular flexibility index (Phi) is 1.52. The predicted octanol–water partition coefficient (Wildman–Crippen LogP) is 1.82. The summed E-state index contributed by atoms with van der Waals surface area (Å²) in [5.41, 5.74) is 2.33. The molecular weight excluding hydrogens is 136 g/mol. The van der Waals surface area contributed by atoms with Crippen LogP contribution in [0.1, 0.15) is 12.0 Å². The Morgan fingerprint density at radius 1 is 1.18 bits per heavy atom. The molecule has 0 N–H and O–H groups in total. The highest BCUT2D eigenvalue weighted by Crippen LogP contribution is 2.19. The number of hydrogen-bond acceptors (Lipinski definition) is 2. The summed E-state index contributed by atoms with van der Waals surface area (Å²) >= 11 is 0. The van der Waals surface area contributed by atoms with Gasteiger partial charge < -0.3 is 0 Å². The zero-order chi connectivity index (χ0) is 7.52. The molecular formula is C9H8N2. The summed E-state index contributed by atoms with van der Waals surface area (Å²) in [6.45, 7) is 0. The van der Waals surface area contributed by atoms with E-state index < -0.39 is 0 Å². The molecule has 2 heteroatoms. The molecule has 0 bridgehead atoms. The molecule has 0 unspecified atom stereocenters. The van der Waals surface area contributed by atoms with E-state index in [1.807, 2.05) is 12.4 Å². The SMILES string of the molecule is C1=CC(c2cncnc2)=CC1. The Morgan fingerprint density at radius 2 is 2.00 bits per heavy atom. The highest BCUT2D eigenvalue weighted by molar-refractivity contribution is 5.75. The molecule has 1 heterocycles. The Morgan fingerprint density at radius 3 is 2.64 bits per heavy atom. The van der Waals surface area contributed by atoms with Crippen molar-refractivity contribution in [3.05, 3.63) is 42.5 Å². The third kappa shape index (κ3) is 1.19. The summed E-state index contributed by atoms with van der Waals surface area (Å²) in [5.74, 6) is 0. The highest BCUT2D eigenvalue weighted by atomic mass is 14.8. The first-order valence-corrected chi connectivity index (χ1v) is 3.59. The molecule has 1 aliphatic carbocycles. The van der Waals surface area contributed by atoms with Crippen molar-refractivity contribution in [2.75, 3.05) is 0 Å². The summed E-state index contributed by atoms with van der Waals surface area (Å²) in [6.07, 6.45) is 12.6. The number of rotatable bonds is 1. The Bertz CT molecular complexity index is 299. The fraction of sp³-hybridized carbons (Fsp3) is 0.111. The molecule has 0 amide bonds. The molecule has 0 saturated heterocycles. The van der Waals surface area contributed by atoms with Gasteiger partial charge in [0.05, 0.1) is 0 Å². The van der Waals surface area contributed by atoms with Crippen LogP contribution in [0, 0.1) is 0 Å². The van der Waals surface area contributed by atoms with E-state index in [4.69, 9.17) is 0 Å². The Hall–Kier alpha value is -1.44. The zero-order valence-electron chi connectivity index (χ0n) is 6.07. The van der Waals surface area contributed by atoms with Gasteiger partial charge in [0.2, 0.25) is 0 Å². The van der Waals surface area contributed by atoms with Gasteiger partial charge in [-0.3, -0.25) is 0 Å². The van der Waals surface area contributed by atoms with Gasteiger partial charge in [0.25, 0.3) is 0 Å². The van der Waals surface area contributed by atoms with E-state index in [2.05, 4.69) is 28.2 Å². The molecule has 2 rings (SSSR count). The van der Waals surface area contributed by atoms with Crippen LogP contribution in [-0.2, 0) is 0 Å². The zero-order valence-corrected chi connectivity index (χ0v) is 6.07. The van der Waals surface area contributed by atoms with E-state index in [1.54, 1.807) is 6.33 Å². The molecule has 1 aromatic rings. The van der Waals surface area contributed by atoms with Gasteiger partial charge >= 0.3 is 0 Å². The van der Waals surface area contributed by atoms with Gasteiger partial charge in [-0.1, -0.05) is 18.2 Å². The molecule has 0 atom stereocenters. The Balaban J connectivity index is 2.37. The average Bonchev–Trinajstić information content (AvgIpc) is 2.58. The van der Waals surface area contributed by atoms with E-state index in [1.165, 1.54) is 5.57 Å². The molecule has 0 aromatic carbocycles. The van der Waals surface area contributed by atoms with Crippen LogP contribution in [-0.4, -0.2) is 9.97 Å². The monoisotopic (exact) mass is 144 g/mol. The third-order valence-corrected chi connectivity index (χ3v) is 1.67. The normalized spacial score (nSPS) is 15.1. The summed E-state index contributed by atoms with van der Waals surface area (Å²) in [6, 6.07) is 0. The number of nitrogens with zero attached hydrogens (tertiary/aromatic N) is 2. The summed E-state index contributed by atoms with van der Waals surface area (Å²) in [7, 11) is 0. The van der Waals surface area contributed by atoms with Crippen molar-refractivity contribution in [1.82, 2.24) is 9.97 Å². The van der Waals surface area contributed by atoms with Crippen LogP contribution >= 0.6 is 0 Å². The average molecular weight is 144 g/mol. The number of aromatic nitrogens is 2. The molecule has 1 aromatic heterocycles. The van der Waals surface area contributed by atoms with Crippen LogP contribution in [0.5, 0.6) is 0 Å². The Labute approximate surface area is 65.3 Å². The first-order valence-electron chi connectivity index (χ1n) is 3.59. The van der Waals surface area contributed by atoms with Crippen molar-refractivity contribution in [2.45, 2.75) is 6.42 Å². The molecule has 2 nitrogen and oxygen atoms in total. The van der Waals surface area contributed by atoms with Crippen molar-refractivity contribution < 1.29 is 0 Å². The van der Waals surface area contributed by atoms with E-state index in [0.717, 1.165) is 12.0 Å². The van der Waals surface area contributed by atoms with Crippen molar-refractivity contribution in [1.29, 1.82) is 0 Å². The minimum atomic E-state index is 1.03. The van der Waals surface area contributed by atoms with Crippen LogP contribution in [0.3, 0.4) is 0 Å². The fourth-order valence-corrected chi connectivity index (χ4v) is 1.12. The van der Waals surface area contributed by atoms with Crippen LogP contribution in [0.4, 0.5) is 0 Å². The summed E-state index contributed by atoms with van der Waals surface area (Å²) < 4.78 is 0. The third-order valence-electron chi connectivity index (χ3n) is 1.67. The van der Waals surface area contributed by atoms with Crippen molar-refractivity contribution in [3.63, 3.8) is 0 Å². The fourth-order valence-electron chi connectivity index (χ4n) is 1.12. The van der Waals surface area contributed by atoms with Gasteiger partial charge in [-0.15, -0.1) is 0 Å². The molecule has 1 aliphatic rings. The molecule has 0 spiro atoms. The molecule has 0 radical (unpaired) electrons. The highest BCUT2D eigenvalue weighted by Gasteiger charge is 1.99. The van der Waals surface area contributed by atoms with Crippen molar-refractivity contribution in [3.8, 4) is 0 Å². The van der Waals surface area contributed by atoms with E-state index in [0.29, 0.717) is 0 Å². The quantitative estimate of drug-likeness (QED) is 0.600. The summed E-state index contributed by atoms with van der Waals surface area (Å²) in [4.78, 5) is 7.89. The predicted molar refractivity (Wildman–Crippen MR) is 43.8 cm³/mol. The minimum absolute atomic E-state index is 1.03. The van der Waals surface area contributed by atoms with Crippen LogP contribution in [0.15, 0.2) is 36.9 Å². The smallest absolute Gasteiger partial charge is 0.115 e. The maximum absolute atomic E-state index is 3.94. The lowest BCUT2D eigenvalue weighted by Crippen LogP contribution is -1.82. The van der Waals surface area contributed by atoms with Gasteiger partial charge in [-0.05, 0) is 12.0 Å². The second-order valence-electron chi connectivity index (χ2n) is 2.42. The largest absolute Gasteiger partial charge is 0.244 e. The van der Waals surface area contributed by atoms with Gasteiger partial charge in [-0.25, -0.2) is 9.97 Å². The van der Waals surface area contributed by atoms with E-state index in [-0.39, 0.29) is 0 Å². The standard InChI is InChI=1S/C9H8N2/c1-2-4-8(3-1)9-5-10-7-11-6-9/h1,3-7H,2H2. The minimum Gasteiger partial charge on any atom is -0.244 e. The van der Waals surface area contributed by atoms with Gasteiger partial charge in [0.1, 0.15) is 6.33 Å². The number of allylic oxidation sites excluding steroid dienone is 4. The van der Waals surface area contributed by atoms with Gasteiger partial charge in [0.15, 0.2) is 0 Å². The number of hydrogen-bond donors (Lipinski definition) is 0. The second kappa shape index (κ2) is 2.66. The maximum atomic E-state index is 3.94. The lowest BCUT2D eigenvalue weighted by Gasteiger charge is -1.95. The molecule has 0 aliphatic heterocycles. The van der Waals surface area contributed by atoms with Crippen LogP contribution < -0.4 is 0 Å². The van der Waals surface area contributed by atoms with Crippen LogP contribution in [0.2, 0.25) is 0 Å². The van der Waals surface area contributed by atoms with E-state index in [9.17, 15) is 0 Å². The van der Waals surface area contributed by atoms with Crippen molar-refractivity contribution in [2.24, 2.45) is 0 Å². The first-order chi connectivity index (χ1) is 5.47.